The van der Waals surface area contributed by atoms with Gasteiger partial charge in [-0.15, -0.1) is 0 Å². The molecule has 8 aromatic rings. The van der Waals surface area contributed by atoms with E-state index in [4.69, 9.17) is 14.7 Å². The second kappa shape index (κ2) is 14.5. The van der Waals surface area contributed by atoms with Crippen LogP contribution in [0, 0.1) is 0 Å². The molecule has 0 amide bonds. The van der Waals surface area contributed by atoms with Crippen molar-refractivity contribution in [1.82, 2.24) is 14.4 Å². The van der Waals surface area contributed by atoms with E-state index in [-0.39, 0.29) is 31.3 Å². The molecule has 300 valence electrons. The highest BCUT2D eigenvalue weighted by Gasteiger charge is 2.47. The summed E-state index contributed by atoms with van der Waals surface area (Å²) in [4.78, 5) is 11.0. The van der Waals surface area contributed by atoms with Crippen molar-refractivity contribution in [1.29, 1.82) is 0 Å². The summed E-state index contributed by atoms with van der Waals surface area (Å²) < 4.78 is 10.8. The molecule has 0 saturated heterocycles. The van der Waals surface area contributed by atoms with Gasteiger partial charge in [0, 0.05) is 39.3 Å². The Kier molecular flexibility index (Phi) is 10.1. The van der Waals surface area contributed by atoms with Gasteiger partial charge in [-0.05, 0) is 58.7 Å². The molecule has 17 heteroatoms. The van der Waals surface area contributed by atoms with E-state index in [2.05, 4.69) is 217 Å². The molecule has 1 aliphatic rings. The minimum Gasteiger partial charge on any atom is -0.438 e. The van der Waals surface area contributed by atoms with Crippen LogP contribution in [0.4, 0.5) is 0 Å². The van der Waals surface area contributed by atoms with Crippen LogP contribution in [-0.4, -0.2) is 109 Å². The molecule has 4 nitrogen and oxygen atoms in total. The van der Waals surface area contributed by atoms with Gasteiger partial charge in [0.05, 0.1) is 115 Å². The highest BCUT2D eigenvalue weighted by atomic mass is 32.1. The quantitative estimate of drug-likeness (QED) is 0.204. The third-order valence-electron chi connectivity index (χ3n) is 14.3. The summed E-state index contributed by atoms with van der Waals surface area (Å²) in [5, 5.41) is -0.530. The van der Waals surface area contributed by atoms with Crippen molar-refractivity contribution in [3.63, 3.8) is 0 Å². The molecule has 0 fully saturated rings. The highest BCUT2D eigenvalue weighted by molar-refractivity contribution is 7.24. The van der Waals surface area contributed by atoms with E-state index in [1.54, 1.807) is 11.3 Å². The van der Waals surface area contributed by atoms with Gasteiger partial charge in [-0.1, -0.05) is 142 Å². The summed E-state index contributed by atoms with van der Waals surface area (Å²) in [6, 6.07) is 36.7. The highest BCUT2D eigenvalue weighted by Crippen LogP contribution is 2.56. The summed E-state index contributed by atoms with van der Waals surface area (Å²) in [7, 11) is 28.1. The van der Waals surface area contributed by atoms with Gasteiger partial charge in [-0.25, -0.2) is 9.97 Å². The van der Waals surface area contributed by atoms with E-state index in [0.717, 1.165) is 38.4 Å². The fourth-order valence-electron chi connectivity index (χ4n) is 10.1. The molecule has 4 heterocycles. The Labute approximate surface area is 389 Å². The smallest absolute Gasteiger partial charge is 0.223 e. The minimum atomic E-state index is -0.273. The molecule has 0 N–H and O–H groups in total. The van der Waals surface area contributed by atoms with Gasteiger partial charge in [0.2, 0.25) is 5.88 Å². The number of para-hydroxylation sites is 2. The number of thiazole rings is 1. The van der Waals surface area contributed by atoms with Crippen LogP contribution in [0.3, 0.4) is 0 Å². The average molecular weight is 826 g/mol. The fourth-order valence-corrected chi connectivity index (χ4v) is 11.3. The number of hydrogen-bond donors (Lipinski definition) is 0. The first kappa shape index (κ1) is 43.8. The van der Waals surface area contributed by atoms with Crippen LogP contribution in [0.2, 0.25) is 0 Å². The van der Waals surface area contributed by atoms with E-state index < -0.39 is 0 Å². The molecule has 0 bridgehead atoms. The first-order valence-electron chi connectivity index (χ1n) is 22.7. The van der Waals surface area contributed by atoms with Crippen molar-refractivity contribution in [2.75, 3.05) is 0 Å². The maximum Gasteiger partial charge on any atom is 0.223 e. The molecular weight excluding hydrogens is 772 g/mol. The van der Waals surface area contributed by atoms with Gasteiger partial charge < -0.3 is 4.74 Å². The molecule has 0 aliphatic carbocycles. The maximum atomic E-state index is 7.21. The zero-order chi connectivity index (χ0) is 45.4. The van der Waals surface area contributed by atoms with Crippen LogP contribution in [0.5, 0.6) is 11.6 Å². The summed E-state index contributed by atoms with van der Waals surface area (Å²) in [5.74, 6) is 1.60. The van der Waals surface area contributed by atoms with E-state index in [9.17, 15) is 0 Å². The summed E-state index contributed by atoms with van der Waals surface area (Å²) in [5.41, 5.74) is 17.8. The summed E-state index contributed by atoms with van der Waals surface area (Å²) in [6.45, 7) is 9.41. The number of ether oxygens (including phenoxy) is 1. The van der Waals surface area contributed by atoms with Crippen LogP contribution in [0.15, 0.2) is 103 Å². The lowest BCUT2D eigenvalue weighted by Gasteiger charge is -2.41. The zero-order valence-electron chi connectivity index (χ0n) is 40.5. The lowest BCUT2D eigenvalue weighted by atomic mass is 9.38. The lowest BCUT2D eigenvalue weighted by molar-refractivity contribution is 0.305. The molecule has 9 rings (SSSR count). The van der Waals surface area contributed by atoms with Crippen molar-refractivity contribution in [3.05, 3.63) is 137 Å². The van der Waals surface area contributed by atoms with Crippen LogP contribution in [-0.2, 0) is 31.3 Å². The Morgan fingerprint density at radius 2 is 1.06 bits per heavy atom. The SMILES string of the molecule is BC(B)(B)c1ccc(-c2c(C(B)(B)B)ccc3c2Oc2ncccc2C(C)(C)C3(C)C)cc1-c1cc(-c2c(C(B)(B)B)ccc3c2sc2nc4ccccc4n23)ccc1C(B)(B)B. The molecule has 0 spiro atoms. The molecule has 1 aliphatic heterocycles. The van der Waals surface area contributed by atoms with Crippen LogP contribution in [0.1, 0.15) is 61.1 Å². The number of nitrogens with zero attached hydrogens (tertiary/aromatic N) is 3. The molecule has 5 aromatic carbocycles. The Bertz CT molecular complexity index is 3170. The molecule has 0 saturated carbocycles. The van der Waals surface area contributed by atoms with Crippen molar-refractivity contribution in [2.45, 2.75) is 59.0 Å². The van der Waals surface area contributed by atoms with Crippen molar-refractivity contribution < 1.29 is 4.74 Å². The minimum absolute atomic E-state index is 0.0959. The summed E-state index contributed by atoms with van der Waals surface area (Å²) >= 11 is 1.80. The average Bonchev–Trinajstić information content (AvgIpc) is 3.73. The van der Waals surface area contributed by atoms with E-state index >= 15 is 0 Å². The second-order valence-corrected chi connectivity index (χ2v) is 24.2. The molecular formula is C46H53B12N3OS. The molecule has 0 atom stereocenters. The van der Waals surface area contributed by atoms with Crippen LogP contribution >= 0.6 is 11.3 Å². The van der Waals surface area contributed by atoms with Crippen LogP contribution < -0.4 is 4.74 Å². The molecule has 63 heavy (non-hydrogen) atoms. The van der Waals surface area contributed by atoms with E-state index in [1.165, 1.54) is 60.3 Å². The molecule has 3 aromatic heterocycles. The normalized spacial score (nSPS) is 15.2. The zero-order valence-corrected chi connectivity index (χ0v) is 41.3. The number of imidazole rings is 1. The predicted molar refractivity (Wildman–Crippen MR) is 304 cm³/mol. The number of hydrogen-bond acceptors (Lipinski definition) is 4. The van der Waals surface area contributed by atoms with Gasteiger partial charge >= 0.3 is 0 Å². The largest absolute Gasteiger partial charge is 0.438 e. The van der Waals surface area contributed by atoms with Crippen molar-refractivity contribution in [3.8, 4) is 45.0 Å². The fraction of sp³-hybridized carbons (Fsp3) is 0.217. The lowest BCUT2D eigenvalue weighted by Crippen LogP contribution is -2.40. The Hall–Kier alpha value is -4.48. The van der Waals surface area contributed by atoms with Gasteiger partial charge in [0.15, 0.2) is 4.96 Å². The monoisotopic (exact) mass is 828 g/mol. The number of rotatable bonds is 7. The predicted octanol–water partition coefficient (Wildman–Crippen LogP) is -0.502. The summed E-state index contributed by atoms with van der Waals surface area (Å²) in [6.07, 6.45) is 1.86. The van der Waals surface area contributed by atoms with Crippen molar-refractivity contribution in [2.24, 2.45) is 0 Å². The molecule has 0 radical (unpaired) electrons. The first-order valence-corrected chi connectivity index (χ1v) is 23.6. The van der Waals surface area contributed by atoms with Crippen LogP contribution in [0.25, 0.3) is 59.6 Å². The van der Waals surface area contributed by atoms with E-state index in [1.807, 2.05) is 12.3 Å². The third-order valence-corrected chi connectivity index (χ3v) is 15.4. The van der Waals surface area contributed by atoms with Gasteiger partial charge in [0.1, 0.15) is 5.75 Å². The van der Waals surface area contributed by atoms with Gasteiger partial charge in [-0.3, -0.25) is 4.40 Å². The first-order chi connectivity index (χ1) is 29.3. The standard InChI is InChI=1S/C46H53B12N3OS/c1-41(2)30-16-15-28(45(53,54)55)35(37(30)62-39-31(42(41,3)4)8-7-19-59-39)22-11-13-26(43(47,48)49)24(20-22)25-21-23(12-14-27(25)44(50,51)52)36-29(46(56,57)58)17-18-34-38(36)63-40-60-32-9-5-6-10-33(32)61(34)40/h5-21H,47-58H2,1-4H3. The van der Waals surface area contributed by atoms with Crippen molar-refractivity contribution >= 4 is 132 Å². The van der Waals surface area contributed by atoms with Gasteiger partial charge in [-0.2, -0.15) is 0 Å². The topological polar surface area (TPSA) is 39.4 Å². The van der Waals surface area contributed by atoms with E-state index in [0.29, 0.717) is 5.88 Å². The molecule has 0 unspecified atom stereocenters. The Balaban J connectivity index is 1.36. The number of pyridine rings is 1. The number of aromatic nitrogens is 3. The Morgan fingerprint density at radius 3 is 1.67 bits per heavy atom. The Morgan fingerprint density at radius 1 is 0.540 bits per heavy atom. The van der Waals surface area contributed by atoms with Gasteiger partial charge in [0.25, 0.3) is 0 Å². The second-order valence-electron chi connectivity index (χ2n) is 23.3. The third kappa shape index (κ3) is 7.06. The number of fused-ring (bicyclic) bond motifs is 7. The maximum absolute atomic E-state index is 7.21. The number of benzene rings is 5.